The fraction of sp³-hybridized carbons (Fsp3) is 0.318. The summed E-state index contributed by atoms with van der Waals surface area (Å²) < 4.78 is 0. The molecule has 1 nitrogen and oxygen atoms in total. The molecule has 1 aliphatic carbocycles. The predicted molar refractivity (Wildman–Crippen MR) is 95.3 cm³/mol. The average molecular weight is 304 g/mol. The second-order valence-corrected chi connectivity index (χ2v) is 6.98. The minimum absolute atomic E-state index is 0.190. The standard InChI is InChI=1S/C22H24O/c1-22(17-23)13-12-20(14-18-8-4-2-5-9-18)21(16-22)15-19-10-6-3-7-11-19/h2-11,17H,12-16H2,1H3. The molecule has 0 bridgehead atoms. The molecule has 1 atom stereocenters. The van der Waals surface area contributed by atoms with Gasteiger partial charge in [0.05, 0.1) is 0 Å². The topological polar surface area (TPSA) is 17.1 Å². The summed E-state index contributed by atoms with van der Waals surface area (Å²) >= 11 is 0. The van der Waals surface area contributed by atoms with Crippen molar-refractivity contribution in [1.82, 2.24) is 0 Å². The zero-order valence-electron chi connectivity index (χ0n) is 13.8. The van der Waals surface area contributed by atoms with Crippen molar-refractivity contribution >= 4 is 6.29 Å². The van der Waals surface area contributed by atoms with Crippen LogP contribution in [-0.4, -0.2) is 6.29 Å². The molecule has 0 amide bonds. The van der Waals surface area contributed by atoms with Crippen LogP contribution in [0.2, 0.25) is 0 Å². The van der Waals surface area contributed by atoms with Gasteiger partial charge >= 0.3 is 0 Å². The van der Waals surface area contributed by atoms with Crippen LogP contribution in [0.4, 0.5) is 0 Å². The quantitative estimate of drug-likeness (QED) is 0.551. The summed E-state index contributed by atoms with van der Waals surface area (Å²) in [6, 6.07) is 21.3. The first-order valence-electron chi connectivity index (χ1n) is 8.42. The maximum absolute atomic E-state index is 11.5. The molecular weight excluding hydrogens is 280 g/mol. The molecule has 0 saturated carbocycles. The van der Waals surface area contributed by atoms with Crippen LogP contribution in [0.15, 0.2) is 71.8 Å². The summed E-state index contributed by atoms with van der Waals surface area (Å²) in [5.74, 6) is 0. The van der Waals surface area contributed by atoms with Crippen LogP contribution >= 0.6 is 0 Å². The molecule has 0 radical (unpaired) electrons. The van der Waals surface area contributed by atoms with E-state index in [0.29, 0.717) is 0 Å². The highest BCUT2D eigenvalue weighted by atomic mass is 16.1. The molecule has 0 heterocycles. The third-order valence-electron chi connectivity index (χ3n) is 4.92. The normalized spacial score (nSPS) is 21.3. The number of rotatable bonds is 5. The Balaban J connectivity index is 1.89. The SMILES string of the molecule is CC1(C=O)CCC(Cc2ccccc2)=C(Cc2ccccc2)C1. The van der Waals surface area contributed by atoms with E-state index in [2.05, 4.69) is 67.6 Å². The van der Waals surface area contributed by atoms with Crippen molar-refractivity contribution in [2.75, 3.05) is 0 Å². The zero-order valence-corrected chi connectivity index (χ0v) is 13.8. The van der Waals surface area contributed by atoms with E-state index in [1.54, 1.807) is 0 Å². The van der Waals surface area contributed by atoms with Crippen LogP contribution in [0.25, 0.3) is 0 Å². The van der Waals surface area contributed by atoms with Gasteiger partial charge in [-0.25, -0.2) is 0 Å². The second kappa shape index (κ2) is 6.95. The summed E-state index contributed by atoms with van der Waals surface area (Å²) in [5.41, 5.74) is 5.50. The highest BCUT2D eigenvalue weighted by Crippen LogP contribution is 2.40. The lowest BCUT2D eigenvalue weighted by molar-refractivity contribution is -0.115. The molecular formula is C22H24O. The Bertz CT molecular complexity index is 684. The van der Waals surface area contributed by atoms with E-state index in [-0.39, 0.29) is 5.41 Å². The fourth-order valence-corrected chi connectivity index (χ4v) is 3.50. The van der Waals surface area contributed by atoms with E-state index in [0.717, 1.165) is 38.4 Å². The molecule has 2 aromatic carbocycles. The molecule has 1 heteroatoms. The van der Waals surface area contributed by atoms with Crippen molar-refractivity contribution in [3.8, 4) is 0 Å². The molecule has 23 heavy (non-hydrogen) atoms. The van der Waals surface area contributed by atoms with Gasteiger partial charge in [-0.2, -0.15) is 0 Å². The fourth-order valence-electron chi connectivity index (χ4n) is 3.50. The van der Waals surface area contributed by atoms with Gasteiger partial charge in [-0.1, -0.05) is 78.7 Å². The van der Waals surface area contributed by atoms with E-state index in [4.69, 9.17) is 0 Å². The first-order valence-corrected chi connectivity index (χ1v) is 8.42. The summed E-state index contributed by atoms with van der Waals surface area (Å²) in [6.07, 6.45) is 6.04. The van der Waals surface area contributed by atoms with Crippen LogP contribution in [0.1, 0.15) is 37.3 Å². The molecule has 0 aliphatic heterocycles. The van der Waals surface area contributed by atoms with Gasteiger partial charge in [0.2, 0.25) is 0 Å². The van der Waals surface area contributed by atoms with Gasteiger partial charge in [-0.3, -0.25) is 0 Å². The molecule has 0 N–H and O–H groups in total. The summed E-state index contributed by atoms with van der Waals surface area (Å²) in [6.45, 7) is 2.10. The van der Waals surface area contributed by atoms with E-state index in [1.165, 1.54) is 22.3 Å². The molecule has 1 unspecified atom stereocenters. The number of hydrogen-bond donors (Lipinski definition) is 0. The van der Waals surface area contributed by atoms with Crippen molar-refractivity contribution in [2.24, 2.45) is 5.41 Å². The van der Waals surface area contributed by atoms with Gasteiger partial charge in [0, 0.05) is 5.41 Å². The minimum Gasteiger partial charge on any atom is -0.303 e. The third-order valence-corrected chi connectivity index (χ3v) is 4.92. The molecule has 1 aliphatic rings. The van der Waals surface area contributed by atoms with Crippen LogP contribution in [0.3, 0.4) is 0 Å². The number of hydrogen-bond acceptors (Lipinski definition) is 1. The van der Waals surface area contributed by atoms with Crippen LogP contribution < -0.4 is 0 Å². The van der Waals surface area contributed by atoms with Crippen molar-refractivity contribution in [2.45, 2.75) is 39.0 Å². The van der Waals surface area contributed by atoms with Gasteiger partial charge in [-0.05, 0) is 43.2 Å². The van der Waals surface area contributed by atoms with E-state index < -0.39 is 0 Å². The predicted octanol–water partition coefficient (Wildman–Crippen LogP) is 5.16. The van der Waals surface area contributed by atoms with Crippen molar-refractivity contribution < 1.29 is 4.79 Å². The lowest BCUT2D eigenvalue weighted by atomic mass is 9.71. The lowest BCUT2D eigenvalue weighted by Gasteiger charge is -2.32. The summed E-state index contributed by atoms with van der Waals surface area (Å²) in [7, 11) is 0. The molecule has 0 aromatic heterocycles. The number of carbonyl (C=O) groups excluding carboxylic acids is 1. The molecule has 0 saturated heterocycles. The van der Waals surface area contributed by atoms with Crippen molar-refractivity contribution in [3.05, 3.63) is 82.9 Å². The van der Waals surface area contributed by atoms with Crippen LogP contribution in [0.5, 0.6) is 0 Å². The second-order valence-electron chi connectivity index (χ2n) is 6.98. The summed E-state index contributed by atoms with van der Waals surface area (Å²) in [5, 5.41) is 0. The van der Waals surface area contributed by atoms with Gasteiger partial charge in [-0.15, -0.1) is 0 Å². The monoisotopic (exact) mass is 304 g/mol. The Morgan fingerprint density at radius 1 is 0.870 bits per heavy atom. The average Bonchev–Trinajstić information content (AvgIpc) is 2.59. The zero-order chi connectivity index (χ0) is 16.1. The van der Waals surface area contributed by atoms with Gasteiger partial charge in [0.15, 0.2) is 0 Å². The van der Waals surface area contributed by atoms with Crippen molar-refractivity contribution in [3.63, 3.8) is 0 Å². The molecule has 2 aromatic rings. The van der Waals surface area contributed by atoms with Crippen LogP contribution in [0, 0.1) is 5.41 Å². The number of benzene rings is 2. The Hall–Kier alpha value is -2.15. The number of carbonyl (C=O) groups is 1. The molecule has 3 rings (SSSR count). The van der Waals surface area contributed by atoms with E-state index >= 15 is 0 Å². The largest absolute Gasteiger partial charge is 0.303 e. The maximum atomic E-state index is 11.5. The van der Waals surface area contributed by atoms with Gasteiger partial charge in [0.1, 0.15) is 6.29 Å². The molecule has 0 spiro atoms. The Labute approximate surface area is 139 Å². The number of aldehydes is 1. The first kappa shape index (κ1) is 15.7. The third kappa shape index (κ3) is 3.98. The lowest BCUT2D eigenvalue weighted by Crippen LogP contribution is -2.25. The minimum atomic E-state index is -0.190. The Morgan fingerprint density at radius 3 is 1.91 bits per heavy atom. The van der Waals surface area contributed by atoms with Gasteiger partial charge in [0.25, 0.3) is 0 Å². The molecule has 118 valence electrons. The number of allylic oxidation sites excluding steroid dienone is 2. The van der Waals surface area contributed by atoms with Crippen molar-refractivity contribution in [1.29, 1.82) is 0 Å². The smallest absolute Gasteiger partial charge is 0.126 e. The highest BCUT2D eigenvalue weighted by molar-refractivity contribution is 5.60. The Kier molecular flexibility index (Phi) is 4.76. The van der Waals surface area contributed by atoms with Crippen LogP contribution in [-0.2, 0) is 17.6 Å². The highest BCUT2D eigenvalue weighted by Gasteiger charge is 2.30. The summed E-state index contributed by atoms with van der Waals surface area (Å²) in [4.78, 5) is 11.5. The first-order chi connectivity index (χ1) is 11.2. The molecule has 0 fully saturated rings. The van der Waals surface area contributed by atoms with E-state index in [1.807, 2.05) is 0 Å². The maximum Gasteiger partial charge on any atom is 0.126 e. The van der Waals surface area contributed by atoms with Gasteiger partial charge < -0.3 is 4.79 Å². The van der Waals surface area contributed by atoms with E-state index in [9.17, 15) is 4.79 Å². The Morgan fingerprint density at radius 2 is 1.39 bits per heavy atom.